The van der Waals surface area contributed by atoms with Crippen molar-refractivity contribution >= 4 is 57.9 Å². The van der Waals surface area contributed by atoms with Crippen LogP contribution in [-0.2, 0) is 20.8 Å². The van der Waals surface area contributed by atoms with Crippen molar-refractivity contribution in [3.8, 4) is 0 Å². The molecule has 0 unspecified atom stereocenters. The number of nitrogens with one attached hydrogen (secondary N) is 3. The standard InChI is InChI=1S/C22H21FN4O3S2/c1-13-6-7-17(9-19(13)23)25-20(29)10-18-11-31-22(27-18)32-12-21(30)26-16-5-3-4-15(8-16)24-14(2)28/h3-9,11H,10,12H2,1-2H3,(H,24,28)(H,25,29)(H,26,30). The largest absolute Gasteiger partial charge is 0.326 e. The van der Waals surface area contributed by atoms with Crippen molar-refractivity contribution in [2.75, 3.05) is 21.7 Å². The van der Waals surface area contributed by atoms with Crippen molar-refractivity contribution in [2.24, 2.45) is 0 Å². The molecular weight excluding hydrogens is 451 g/mol. The Morgan fingerprint density at radius 3 is 2.41 bits per heavy atom. The number of carbonyl (C=O) groups is 3. The second-order valence-electron chi connectivity index (χ2n) is 6.89. The molecule has 10 heteroatoms. The topological polar surface area (TPSA) is 100 Å². The van der Waals surface area contributed by atoms with Crippen LogP contribution in [0.4, 0.5) is 21.5 Å². The van der Waals surface area contributed by atoms with Gasteiger partial charge in [-0.1, -0.05) is 23.9 Å². The number of rotatable bonds is 8. The Balaban J connectivity index is 1.47. The van der Waals surface area contributed by atoms with E-state index in [2.05, 4.69) is 20.9 Å². The number of carbonyl (C=O) groups excluding carboxylic acids is 3. The van der Waals surface area contributed by atoms with Gasteiger partial charge in [-0.2, -0.15) is 0 Å². The summed E-state index contributed by atoms with van der Waals surface area (Å²) in [5.41, 5.74) is 2.65. The van der Waals surface area contributed by atoms with E-state index in [1.807, 2.05) is 0 Å². The van der Waals surface area contributed by atoms with E-state index in [0.29, 0.717) is 32.7 Å². The molecule has 0 aliphatic heterocycles. The number of amides is 3. The summed E-state index contributed by atoms with van der Waals surface area (Å²) < 4.78 is 14.3. The summed E-state index contributed by atoms with van der Waals surface area (Å²) in [7, 11) is 0. The van der Waals surface area contributed by atoms with E-state index in [4.69, 9.17) is 0 Å². The lowest BCUT2D eigenvalue weighted by atomic mass is 10.2. The number of benzene rings is 2. The summed E-state index contributed by atoms with van der Waals surface area (Å²) in [6.07, 6.45) is 0.0503. The first kappa shape index (κ1) is 23.4. The van der Waals surface area contributed by atoms with Gasteiger partial charge >= 0.3 is 0 Å². The lowest BCUT2D eigenvalue weighted by molar-refractivity contribution is -0.116. The molecular formula is C22H21FN4O3S2. The maximum absolute atomic E-state index is 13.6. The molecule has 1 aromatic heterocycles. The summed E-state index contributed by atoms with van der Waals surface area (Å²) in [4.78, 5) is 39.9. The average molecular weight is 473 g/mol. The van der Waals surface area contributed by atoms with Gasteiger partial charge in [0.05, 0.1) is 17.9 Å². The van der Waals surface area contributed by atoms with Crippen LogP contribution < -0.4 is 16.0 Å². The number of thioether (sulfide) groups is 1. The first-order chi connectivity index (χ1) is 15.3. The first-order valence-electron chi connectivity index (χ1n) is 9.59. The van der Waals surface area contributed by atoms with E-state index >= 15 is 0 Å². The van der Waals surface area contributed by atoms with Crippen molar-refractivity contribution in [3.63, 3.8) is 0 Å². The van der Waals surface area contributed by atoms with Crippen molar-refractivity contribution in [2.45, 2.75) is 24.6 Å². The summed E-state index contributed by atoms with van der Waals surface area (Å²) >= 11 is 2.61. The molecule has 0 aliphatic rings. The van der Waals surface area contributed by atoms with Crippen LogP contribution in [0.3, 0.4) is 0 Å². The van der Waals surface area contributed by atoms with Gasteiger partial charge in [0.15, 0.2) is 4.34 Å². The Bertz CT molecular complexity index is 1150. The Labute approximate surface area is 192 Å². The molecule has 0 bridgehead atoms. The van der Waals surface area contributed by atoms with Crippen LogP contribution in [0.15, 0.2) is 52.2 Å². The first-order valence-corrected chi connectivity index (χ1v) is 11.5. The maximum Gasteiger partial charge on any atom is 0.234 e. The molecule has 0 saturated carbocycles. The van der Waals surface area contributed by atoms with Crippen LogP contribution >= 0.6 is 23.1 Å². The summed E-state index contributed by atoms with van der Waals surface area (Å²) in [6, 6.07) is 11.4. The number of halogens is 1. The van der Waals surface area contributed by atoms with Gasteiger partial charge < -0.3 is 16.0 Å². The fraction of sp³-hybridized carbons (Fsp3) is 0.182. The van der Waals surface area contributed by atoms with E-state index in [-0.39, 0.29) is 35.7 Å². The Morgan fingerprint density at radius 2 is 1.69 bits per heavy atom. The van der Waals surface area contributed by atoms with E-state index in [1.54, 1.807) is 48.7 Å². The average Bonchev–Trinajstić information content (AvgIpc) is 3.16. The van der Waals surface area contributed by atoms with Crippen molar-refractivity contribution in [3.05, 3.63) is 64.9 Å². The van der Waals surface area contributed by atoms with Crippen molar-refractivity contribution in [1.82, 2.24) is 4.98 Å². The third-order valence-corrected chi connectivity index (χ3v) is 6.19. The molecule has 2 aromatic carbocycles. The van der Waals surface area contributed by atoms with E-state index in [1.165, 1.54) is 36.1 Å². The van der Waals surface area contributed by atoms with Crippen LogP contribution in [0.25, 0.3) is 0 Å². The predicted octanol–water partition coefficient (Wildman–Crippen LogP) is 4.46. The van der Waals surface area contributed by atoms with Gasteiger partial charge in [-0.05, 0) is 42.8 Å². The molecule has 3 amide bonds. The maximum atomic E-state index is 13.6. The number of nitrogens with zero attached hydrogens (tertiary/aromatic N) is 1. The minimum atomic E-state index is -0.379. The molecule has 32 heavy (non-hydrogen) atoms. The van der Waals surface area contributed by atoms with Gasteiger partial charge in [-0.15, -0.1) is 11.3 Å². The number of hydrogen-bond acceptors (Lipinski definition) is 6. The highest BCUT2D eigenvalue weighted by atomic mass is 32.2. The lowest BCUT2D eigenvalue weighted by Gasteiger charge is -2.07. The molecule has 3 N–H and O–H groups in total. The van der Waals surface area contributed by atoms with Gasteiger partial charge in [0.25, 0.3) is 0 Å². The monoisotopic (exact) mass is 472 g/mol. The van der Waals surface area contributed by atoms with Crippen LogP contribution in [0.2, 0.25) is 0 Å². The van der Waals surface area contributed by atoms with Crippen LogP contribution in [0, 0.1) is 12.7 Å². The molecule has 0 aliphatic carbocycles. The summed E-state index contributed by atoms with van der Waals surface area (Å²) in [5, 5.41) is 9.84. The van der Waals surface area contributed by atoms with Gasteiger partial charge in [0.1, 0.15) is 5.82 Å². The van der Waals surface area contributed by atoms with Crippen molar-refractivity contribution in [1.29, 1.82) is 0 Å². The molecule has 0 spiro atoms. The van der Waals surface area contributed by atoms with Crippen LogP contribution in [0.1, 0.15) is 18.2 Å². The van der Waals surface area contributed by atoms with Crippen LogP contribution in [-0.4, -0.2) is 28.5 Å². The van der Waals surface area contributed by atoms with Gasteiger partial charge in [0, 0.05) is 29.4 Å². The second-order valence-corrected chi connectivity index (χ2v) is 8.97. The zero-order valence-corrected chi connectivity index (χ0v) is 19.0. The molecule has 0 fully saturated rings. The van der Waals surface area contributed by atoms with Gasteiger partial charge in [-0.25, -0.2) is 9.37 Å². The number of aromatic nitrogens is 1. The highest BCUT2D eigenvalue weighted by Gasteiger charge is 2.11. The molecule has 3 rings (SSSR count). The predicted molar refractivity (Wildman–Crippen MR) is 126 cm³/mol. The number of aryl methyl sites for hydroxylation is 1. The molecule has 166 valence electrons. The SMILES string of the molecule is CC(=O)Nc1cccc(NC(=O)CSc2nc(CC(=O)Nc3ccc(C)c(F)c3)cs2)c1. The zero-order chi connectivity index (χ0) is 23.1. The molecule has 3 aromatic rings. The highest BCUT2D eigenvalue weighted by Crippen LogP contribution is 2.24. The van der Waals surface area contributed by atoms with E-state index in [9.17, 15) is 18.8 Å². The second kappa shape index (κ2) is 10.9. The Kier molecular flexibility index (Phi) is 7.96. The Hall–Kier alpha value is -3.24. The fourth-order valence-electron chi connectivity index (χ4n) is 2.68. The third kappa shape index (κ3) is 7.17. The van der Waals surface area contributed by atoms with Gasteiger partial charge in [0.2, 0.25) is 17.7 Å². The van der Waals surface area contributed by atoms with Crippen LogP contribution in [0.5, 0.6) is 0 Å². The number of anilines is 3. The normalized spacial score (nSPS) is 10.5. The summed E-state index contributed by atoms with van der Waals surface area (Å²) in [6.45, 7) is 3.06. The molecule has 0 saturated heterocycles. The highest BCUT2D eigenvalue weighted by molar-refractivity contribution is 8.01. The van der Waals surface area contributed by atoms with Gasteiger partial charge in [-0.3, -0.25) is 14.4 Å². The Morgan fingerprint density at radius 1 is 1.00 bits per heavy atom. The van der Waals surface area contributed by atoms with E-state index < -0.39 is 0 Å². The van der Waals surface area contributed by atoms with E-state index in [0.717, 1.165) is 0 Å². The fourth-order valence-corrected chi connectivity index (χ4v) is 4.32. The zero-order valence-electron chi connectivity index (χ0n) is 17.4. The molecule has 1 heterocycles. The smallest absolute Gasteiger partial charge is 0.234 e. The lowest BCUT2D eigenvalue weighted by Crippen LogP contribution is -2.15. The number of thiazole rings is 1. The third-order valence-electron chi connectivity index (χ3n) is 4.12. The molecule has 7 nitrogen and oxygen atoms in total. The van der Waals surface area contributed by atoms with Crippen molar-refractivity contribution < 1.29 is 18.8 Å². The number of hydrogen-bond donors (Lipinski definition) is 3. The minimum absolute atomic E-state index is 0.0503. The minimum Gasteiger partial charge on any atom is -0.326 e. The quantitative estimate of drug-likeness (QED) is 0.420. The summed E-state index contributed by atoms with van der Waals surface area (Å²) in [5.74, 6) is -0.942. The molecule has 0 radical (unpaired) electrons. The molecule has 0 atom stereocenters.